The molecule has 0 saturated heterocycles. The molecule has 0 saturated carbocycles. The molecule has 0 bridgehead atoms. The zero-order valence-corrected chi connectivity index (χ0v) is 31.1. The fraction of sp³-hybridized carbons (Fsp3) is 0. The molecule has 11 rings (SSSR count). The van der Waals surface area contributed by atoms with Crippen LogP contribution in [-0.2, 0) is 0 Å². The molecular formula is C52H33N3S. The summed E-state index contributed by atoms with van der Waals surface area (Å²) in [6.45, 7) is 0. The van der Waals surface area contributed by atoms with Gasteiger partial charge in [-0.25, -0.2) is 9.97 Å². The number of hydrogen-bond donors (Lipinski definition) is 0. The van der Waals surface area contributed by atoms with Crippen molar-refractivity contribution in [3.8, 4) is 61.7 Å². The zero-order valence-electron chi connectivity index (χ0n) is 30.3. The molecule has 3 nitrogen and oxygen atoms in total. The SMILES string of the molecule is c1ccc(-c2ccc(-c3nc(-c4ccccc4)nc4c3sc3cccc(-c5cccc(-c6ccc7c8ccccc8n(-c8ccccc8)c7c6)c5)c34)cc2)cc1. The second-order valence-electron chi connectivity index (χ2n) is 14.2. The maximum atomic E-state index is 5.34. The molecule has 11 aromatic rings. The van der Waals surface area contributed by atoms with Gasteiger partial charge in [-0.15, -0.1) is 11.3 Å². The predicted molar refractivity (Wildman–Crippen MR) is 236 cm³/mol. The van der Waals surface area contributed by atoms with Crippen LogP contribution in [0.4, 0.5) is 0 Å². The van der Waals surface area contributed by atoms with Crippen molar-refractivity contribution in [1.29, 1.82) is 0 Å². The Kier molecular flexibility index (Phi) is 7.68. The summed E-state index contributed by atoms with van der Waals surface area (Å²) in [7, 11) is 0. The van der Waals surface area contributed by atoms with Crippen molar-refractivity contribution in [3.05, 3.63) is 200 Å². The van der Waals surface area contributed by atoms with Crippen molar-refractivity contribution >= 4 is 53.4 Å². The van der Waals surface area contributed by atoms with E-state index in [0.717, 1.165) is 55.1 Å². The maximum Gasteiger partial charge on any atom is 0.160 e. The minimum atomic E-state index is 0.727. The van der Waals surface area contributed by atoms with Crippen molar-refractivity contribution in [2.75, 3.05) is 0 Å². The van der Waals surface area contributed by atoms with Gasteiger partial charge in [0.25, 0.3) is 0 Å². The van der Waals surface area contributed by atoms with E-state index in [9.17, 15) is 0 Å². The van der Waals surface area contributed by atoms with Crippen molar-refractivity contribution in [1.82, 2.24) is 14.5 Å². The molecule has 3 aromatic heterocycles. The lowest BCUT2D eigenvalue weighted by molar-refractivity contribution is 1.18. The van der Waals surface area contributed by atoms with Crippen LogP contribution < -0.4 is 0 Å². The minimum absolute atomic E-state index is 0.727. The summed E-state index contributed by atoms with van der Waals surface area (Å²) < 4.78 is 4.67. The highest BCUT2D eigenvalue weighted by Crippen LogP contribution is 2.44. The second kappa shape index (κ2) is 13.3. The van der Waals surface area contributed by atoms with E-state index in [0.29, 0.717) is 0 Å². The number of benzene rings is 8. The molecule has 0 aliphatic heterocycles. The largest absolute Gasteiger partial charge is 0.309 e. The molecule has 0 radical (unpaired) electrons. The molecule has 0 fully saturated rings. The van der Waals surface area contributed by atoms with Gasteiger partial charge in [0.1, 0.15) is 0 Å². The molecule has 0 atom stereocenters. The normalized spacial score (nSPS) is 11.6. The summed E-state index contributed by atoms with van der Waals surface area (Å²) in [5.41, 5.74) is 14.6. The topological polar surface area (TPSA) is 30.7 Å². The van der Waals surface area contributed by atoms with Gasteiger partial charge in [-0.05, 0) is 69.8 Å². The van der Waals surface area contributed by atoms with Crippen LogP contribution in [0.5, 0.6) is 0 Å². The van der Waals surface area contributed by atoms with E-state index in [4.69, 9.17) is 9.97 Å². The monoisotopic (exact) mass is 731 g/mol. The third kappa shape index (κ3) is 5.42. The summed E-state index contributed by atoms with van der Waals surface area (Å²) in [6, 6.07) is 71.4. The molecule has 56 heavy (non-hydrogen) atoms. The van der Waals surface area contributed by atoms with Crippen molar-refractivity contribution in [2.45, 2.75) is 0 Å². The van der Waals surface area contributed by atoms with Gasteiger partial charge >= 0.3 is 0 Å². The molecule has 0 N–H and O–H groups in total. The Morgan fingerprint density at radius 2 is 0.982 bits per heavy atom. The Labute approximate surface area is 328 Å². The standard InChI is InChI=1S/C52H33N3S/c1-4-14-34(15-5-1)35-26-28-36(29-27-35)49-51-50(54-52(53-49)37-16-6-2-7-17-37)48-42(23-13-25-47(48)56-51)40-19-12-18-38(32-40)39-30-31-44-43-22-10-11-24-45(43)55(46(44)33-39)41-20-8-3-9-21-41/h1-33H. The Bertz CT molecular complexity index is 3220. The summed E-state index contributed by atoms with van der Waals surface area (Å²) in [5.74, 6) is 0.727. The van der Waals surface area contributed by atoms with E-state index in [1.807, 2.05) is 6.07 Å². The zero-order chi connectivity index (χ0) is 37.0. The van der Waals surface area contributed by atoms with Gasteiger partial charge in [0.15, 0.2) is 5.82 Å². The average Bonchev–Trinajstić information content (AvgIpc) is 3.83. The summed E-state index contributed by atoms with van der Waals surface area (Å²) in [5, 5.41) is 3.66. The number of hydrogen-bond acceptors (Lipinski definition) is 3. The fourth-order valence-corrected chi connectivity index (χ4v) is 9.34. The van der Waals surface area contributed by atoms with Gasteiger partial charge in [0, 0.05) is 37.7 Å². The number of para-hydroxylation sites is 2. The molecule has 0 aliphatic carbocycles. The number of fused-ring (bicyclic) bond motifs is 6. The van der Waals surface area contributed by atoms with Crippen molar-refractivity contribution in [3.63, 3.8) is 0 Å². The molecule has 0 unspecified atom stereocenters. The summed E-state index contributed by atoms with van der Waals surface area (Å²) in [4.78, 5) is 10.6. The second-order valence-corrected chi connectivity index (χ2v) is 15.2. The molecule has 262 valence electrons. The van der Waals surface area contributed by atoms with Gasteiger partial charge in [0.2, 0.25) is 0 Å². The Balaban J connectivity index is 1.08. The molecule has 0 spiro atoms. The third-order valence-corrected chi connectivity index (χ3v) is 12.0. The Morgan fingerprint density at radius 3 is 1.79 bits per heavy atom. The third-order valence-electron chi connectivity index (χ3n) is 10.8. The van der Waals surface area contributed by atoms with Crippen LogP contribution in [-0.4, -0.2) is 14.5 Å². The highest BCUT2D eigenvalue weighted by Gasteiger charge is 2.20. The van der Waals surface area contributed by atoms with E-state index in [-0.39, 0.29) is 0 Å². The summed E-state index contributed by atoms with van der Waals surface area (Å²) in [6.07, 6.45) is 0. The molecule has 4 heteroatoms. The van der Waals surface area contributed by atoms with Gasteiger partial charge < -0.3 is 4.57 Å². The van der Waals surface area contributed by atoms with Crippen molar-refractivity contribution in [2.24, 2.45) is 0 Å². The van der Waals surface area contributed by atoms with Crippen LogP contribution in [0, 0.1) is 0 Å². The molecule has 3 heterocycles. The lowest BCUT2D eigenvalue weighted by atomic mass is 9.96. The van der Waals surface area contributed by atoms with Crippen LogP contribution in [0.3, 0.4) is 0 Å². The predicted octanol–water partition coefficient (Wildman–Crippen LogP) is 14.3. The number of rotatable bonds is 6. The number of nitrogens with zero attached hydrogens (tertiary/aromatic N) is 3. The average molecular weight is 732 g/mol. The quantitative estimate of drug-likeness (QED) is 0.170. The highest BCUT2D eigenvalue weighted by molar-refractivity contribution is 7.26. The first kappa shape index (κ1) is 32.3. The lowest BCUT2D eigenvalue weighted by Gasteiger charge is -2.11. The Hall–Kier alpha value is -7.14. The lowest BCUT2D eigenvalue weighted by Crippen LogP contribution is -1.94. The van der Waals surface area contributed by atoms with Crippen LogP contribution in [0.25, 0.3) is 104 Å². The number of thiophene rings is 1. The molecular weight excluding hydrogens is 699 g/mol. The van der Waals surface area contributed by atoms with Crippen LogP contribution in [0.2, 0.25) is 0 Å². The fourth-order valence-electron chi connectivity index (χ4n) is 8.16. The first-order chi connectivity index (χ1) is 27.8. The number of aromatic nitrogens is 3. The van der Waals surface area contributed by atoms with Gasteiger partial charge in [-0.2, -0.15) is 0 Å². The molecule has 0 amide bonds. The molecule has 0 aliphatic rings. The maximum absolute atomic E-state index is 5.34. The first-order valence-electron chi connectivity index (χ1n) is 18.9. The van der Waals surface area contributed by atoms with Crippen LogP contribution in [0.1, 0.15) is 0 Å². The Morgan fingerprint density at radius 1 is 0.393 bits per heavy atom. The van der Waals surface area contributed by atoms with E-state index in [1.54, 1.807) is 11.3 Å². The minimum Gasteiger partial charge on any atom is -0.309 e. The van der Waals surface area contributed by atoms with Crippen LogP contribution >= 0.6 is 11.3 Å². The van der Waals surface area contributed by atoms with Gasteiger partial charge in [-0.3, -0.25) is 0 Å². The first-order valence-corrected chi connectivity index (χ1v) is 19.7. The highest BCUT2D eigenvalue weighted by atomic mass is 32.1. The van der Waals surface area contributed by atoms with Crippen LogP contribution in [0.15, 0.2) is 200 Å². The molecule has 8 aromatic carbocycles. The van der Waals surface area contributed by atoms with Crippen molar-refractivity contribution < 1.29 is 0 Å². The van der Waals surface area contributed by atoms with E-state index >= 15 is 0 Å². The van der Waals surface area contributed by atoms with E-state index < -0.39 is 0 Å². The van der Waals surface area contributed by atoms with E-state index in [2.05, 4.69) is 199 Å². The van der Waals surface area contributed by atoms with E-state index in [1.165, 1.54) is 48.8 Å². The van der Waals surface area contributed by atoms with Gasteiger partial charge in [0.05, 0.1) is 26.9 Å². The van der Waals surface area contributed by atoms with Gasteiger partial charge in [-0.1, -0.05) is 164 Å². The summed E-state index contributed by atoms with van der Waals surface area (Å²) >= 11 is 1.77. The smallest absolute Gasteiger partial charge is 0.160 e.